The zero-order chi connectivity index (χ0) is 15.5. The van der Waals surface area contributed by atoms with Crippen molar-refractivity contribution in [3.63, 3.8) is 0 Å². The molecule has 1 aromatic rings. The molecule has 0 aromatic heterocycles. The summed E-state index contributed by atoms with van der Waals surface area (Å²) in [7, 11) is 0. The molecule has 0 radical (unpaired) electrons. The molecule has 1 saturated heterocycles. The van der Waals surface area contributed by atoms with Crippen molar-refractivity contribution >= 4 is 5.91 Å². The number of ether oxygens (including phenoxy) is 1. The van der Waals surface area contributed by atoms with Crippen molar-refractivity contribution in [2.75, 3.05) is 19.7 Å². The Labute approximate surface area is 126 Å². The fourth-order valence-electron chi connectivity index (χ4n) is 2.52. The van der Waals surface area contributed by atoms with E-state index in [1.54, 1.807) is 12.1 Å². The number of halogens is 1. The van der Waals surface area contributed by atoms with Gasteiger partial charge >= 0.3 is 0 Å². The van der Waals surface area contributed by atoms with Crippen LogP contribution in [0.25, 0.3) is 0 Å². The maximum absolute atomic E-state index is 12.8. The first-order valence-electron chi connectivity index (χ1n) is 7.54. The number of hydrogen-bond acceptors (Lipinski definition) is 2. The number of carbonyl (C=O) groups excluding carboxylic acids is 1. The van der Waals surface area contributed by atoms with E-state index in [4.69, 9.17) is 4.74 Å². The summed E-state index contributed by atoms with van der Waals surface area (Å²) < 4.78 is 18.5. The van der Waals surface area contributed by atoms with Gasteiger partial charge < -0.3 is 9.64 Å². The maximum atomic E-state index is 12.8. The van der Waals surface area contributed by atoms with Crippen LogP contribution in [0.15, 0.2) is 24.3 Å². The second-order valence-electron chi connectivity index (χ2n) is 6.75. The minimum Gasteiger partial charge on any atom is -0.493 e. The van der Waals surface area contributed by atoms with Gasteiger partial charge in [0.2, 0.25) is 5.91 Å². The lowest BCUT2D eigenvalue weighted by molar-refractivity contribution is -0.141. The van der Waals surface area contributed by atoms with Crippen LogP contribution in [0.1, 0.15) is 33.6 Å². The van der Waals surface area contributed by atoms with Crippen molar-refractivity contribution in [3.05, 3.63) is 30.1 Å². The summed E-state index contributed by atoms with van der Waals surface area (Å²) in [5.74, 6) is 1.13. The second kappa shape index (κ2) is 6.46. The van der Waals surface area contributed by atoms with E-state index < -0.39 is 0 Å². The van der Waals surface area contributed by atoms with Crippen molar-refractivity contribution in [3.8, 4) is 5.75 Å². The lowest BCUT2D eigenvalue weighted by Crippen LogP contribution is -2.44. The minimum atomic E-state index is -0.308. The largest absolute Gasteiger partial charge is 0.493 e. The van der Waals surface area contributed by atoms with Gasteiger partial charge in [0.15, 0.2) is 0 Å². The highest BCUT2D eigenvalue weighted by Gasteiger charge is 2.30. The van der Waals surface area contributed by atoms with E-state index in [9.17, 15) is 9.18 Å². The fourth-order valence-corrected chi connectivity index (χ4v) is 2.52. The SMILES string of the molecule is CC(C)(C)C(=O)N1CCC(COc2ccc(F)cc2)CC1. The van der Waals surface area contributed by atoms with Crippen LogP contribution in [0.3, 0.4) is 0 Å². The molecule has 0 aliphatic carbocycles. The van der Waals surface area contributed by atoms with Gasteiger partial charge in [0.25, 0.3) is 0 Å². The summed E-state index contributed by atoms with van der Waals surface area (Å²) in [5.41, 5.74) is -0.308. The van der Waals surface area contributed by atoms with Crippen LogP contribution in [0.5, 0.6) is 5.75 Å². The van der Waals surface area contributed by atoms with E-state index in [2.05, 4.69) is 0 Å². The van der Waals surface area contributed by atoms with Crippen molar-refractivity contribution in [1.29, 1.82) is 0 Å². The third-order valence-electron chi connectivity index (χ3n) is 3.84. The van der Waals surface area contributed by atoms with Crippen LogP contribution in [-0.4, -0.2) is 30.5 Å². The Kier molecular flexibility index (Phi) is 4.86. The average Bonchev–Trinajstić information content (AvgIpc) is 2.45. The number of likely N-dealkylation sites (tertiary alicyclic amines) is 1. The lowest BCUT2D eigenvalue weighted by Gasteiger charge is -2.35. The van der Waals surface area contributed by atoms with Gasteiger partial charge in [-0.25, -0.2) is 4.39 Å². The van der Waals surface area contributed by atoms with Crippen LogP contribution < -0.4 is 4.74 Å². The Morgan fingerprint density at radius 1 is 1.24 bits per heavy atom. The Hall–Kier alpha value is -1.58. The molecular weight excluding hydrogens is 269 g/mol. The lowest BCUT2D eigenvalue weighted by atomic mass is 9.91. The third kappa shape index (κ3) is 4.45. The zero-order valence-corrected chi connectivity index (χ0v) is 13.1. The molecule has 0 saturated carbocycles. The highest BCUT2D eigenvalue weighted by atomic mass is 19.1. The van der Waals surface area contributed by atoms with Crippen molar-refractivity contribution < 1.29 is 13.9 Å². The van der Waals surface area contributed by atoms with Gasteiger partial charge in [-0.15, -0.1) is 0 Å². The van der Waals surface area contributed by atoms with Gasteiger partial charge in [-0.3, -0.25) is 4.79 Å². The summed E-state index contributed by atoms with van der Waals surface area (Å²) in [6.07, 6.45) is 1.92. The number of rotatable bonds is 3. The van der Waals surface area contributed by atoms with E-state index in [1.807, 2.05) is 25.7 Å². The van der Waals surface area contributed by atoms with Gasteiger partial charge in [0, 0.05) is 18.5 Å². The van der Waals surface area contributed by atoms with Crippen LogP contribution >= 0.6 is 0 Å². The van der Waals surface area contributed by atoms with Crippen LogP contribution in [0.2, 0.25) is 0 Å². The Morgan fingerprint density at radius 2 is 1.81 bits per heavy atom. The number of benzene rings is 1. The summed E-state index contributed by atoms with van der Waals surface area (Å²) in [6.45, 7) is 8.10. The second-order valence-corrected chi connectivity index (χ2v) is 6.75. The number of carbonyl (C=O) groups is 1. The fraction of sp³-hybridized carbons (Fsp3) is 0.588. The van der Waals surface area contributed by atoms with Crippen LogP contribution in [-0.2, 0) is 4.79 Å². The molecule has 1 aliphatic rings. The van der Waals surface area contributed by atoms with E-state index in [0.29, 0.717) is 18.3 Å². The first kappa shape index (κ1) is 15.8. The summed E-state index contributed by atoms with van der Waals surface area (Å²) in [6, 6.07) is 6.10. The van der Waals surface area contributed by atoms with Crippen molar-refractivity contribution in [1.82, 2.24) is 4.90 Å². The van der Waals surface area contributed by atoms with E-state index in [1.165, 1.54) is 12.1 Å². The number of nitrogens with zero attached hydrogens (tertiary/aromatic N) is 1. The van der Waals surface area contributed by atoms with Crippen LogP contribution in [0.4, 0.5) is 4.39 Å². The van der Waals surface area contributed by atoms with Gasteiger partial charge in [-0.2, -0.15) is 0 Å². The molecule has 1 fully saturated rings. The normalized spacial score (nSPS) is 16.9. The molecule has 2 rings (SSSR count). The molecular formula is C17H24FNO2. The van der Waals surface area contributed by atoms with Gasteiger partial charge in [0.1, 0.15) is 11.6 Å². The Balaban J connectivity index is 1.77. The molecule has 21 heavy (non-hydrogen) atoms. The highest BCUT2D eigenvalue weighted by molar-refractivity contribution is 5.81. The molecule has 4 heteroatoms. The summed E-state index contributed by atoms with van der Waals surface area (Å²) in [4.78, 5) is 14.1. The third-order valence-corrected chi connectivity index (χ3v) is 3.84. The molecule has 1 amide bonds. The maximum Gasteiger partial charge on any atom is 0.227 e. The smallest absolute Gasteiger partial charge is 0.227 e. The van der Waals surface area contributed by atoms with E-state index >= 15 is 0 Å². The van der Waals surface area contributed by atoms with Crippen molar-refractivity contribution in [2.45, 2.75) is 33.6 Å². The molecule has 0 atom stereocenters. The van der Waals surface area contributed by atoms with Crippen molar-refractivity contribution in [2.24, 2.45) is 11.3 Å². The standard InChI is InChI=1S/C17H24FNO2/c1-17(2,3)16(20)19-10-8-13(9-11-19)12-21-15-6-4-14(18)5-7-15/h4-7,13H,8-12H2,1-3H3. The number of piperidine rings is 1. The monoisotopic (exact) mass is 293 g/mol. The first-order valence-corrected chi connectivity index (χ1v) is 7.54. The van der Waals surface area contributed by atoms with Gasteiger partial charge in [0.05, 0.1) is 6.61 Å². The van der Waals surface area contributed by atoms with E-state index in [0.717, 1.165) is 25.9 Å². The molecule has 1 aromatic carbocycles. The molecule has 0 bridgehead atoms. The summed E-state index contributed by atoms with van der Waals surface area (Å²) >= 11 is 0. The molecule has 116 valence electrons. The Bertz CT molecular complexity index is 471. The van der Waals surface area contributed by atoms with Crippen LogP contribution in [0, 0.1) is 17.2 Å². The number of hydrogen-bond donors (Lipinski definition) is 0. The molecule has 0 unspecified atom stereocenters. The predicted octanol–water partition coefficient (Wildman–Crippen LogP) is 3.49. The molecule has 1 aliphatic heterocycles. The molecule has 0 N–H and O–H groups in total. The predicted molar refractivity (Wildman–Crippen MR) is 80.7 cm³/mol. The minimum absolute atomic E-state index is 0.223. The number of amides is 1. The average molecular weight is 293 g/mol. The Morgan fingerprint density at radius 3 is 2.33 bits per heavy atom. The van der Waals surface area contributed by atoms with Gasteiger partial charge in [-0.1, -0.05) is 20.8 Å². The first-order chi connectivity index (χ1) is 9.86. The summed E-state index contributed by atoms with van der Waals surface area (Å²) in [5, 5.41) is 0. The zero-order valence-electron chi connectivity index (χ0n) is 13.1. The molecule has 3 nitrogen and oxygen atoms in total. The topological polar surface area (TPSA) is 29.5 Å². The van der Waals surface area contributed by atoms with E-state index in [-0.39, 0.29) is 17.1 Å². The quantitative estimate of drug-likeness (QED) is 0.854. The van der Waals surface area contributed by atoms with Gasteiger partial charge in [-0.05, 0) is 43.0 Å². The highest BCUT2D eigenvalue weighted by Crippen LogP contribution is 2.24. The molecule has 1 heterocycles. The molecule has 0 spiro atoms.